The number of nitrogens with zero attached hydrogens (tertiary/aromatic N) is 2. The van der Waals surface area contributed by atoms with E-state index in [4.69, 9.17) is 4.52 Å². The number of nitrogens with one attached hydrogen (secondary N) is 1. The summed E-state index contributed by atoms with van der Waals surface area (Å²) >= 11 is 0. The lowest BCUT2D eigenvalue weighted by Crippen LogP contribution is -2.18. The molecule has 17 heavy (non-hydrogen) atoms. The summed E-state index contributed by atoms with van der Waals surface area (Å²) < 4.78 is 5.38. The van der Waals surface area contributed by atoms with E-state index in [1.165, 1.54) is 25.7 Å². The third-order valence-corrected chi connectivity index (χ3v) is 4.41. The van der Waals surface area contributed by atoms with Gasteiger partial charge in [0.05, 0.1) is 6.04 Å². The maximum atomic E-state index is 5.38. The first-order valence-electron chi connectivity index (χ1n) is 6.84. The van der Waals surface area contributed by atoms with Gasteiger partial charge in [-0.15, -0.1) is 0 Å². The number of fused-ring (bicyclic) bond motifs is 2. The van der Waals surface area contributed by atoms with Crippen molar-refractivity contribution in [3.8, 4) is 0 Å². The molecule has 3 rings (SSSR count). The van der Waals surface area contributed by atoms with Crippen LogP contribution in [-0.4, -0.2) is 16.7 Å². The van der Waals surface area contributed by atoms with Crippen LogP contribution in [0, 0.1) is 11.8 Å². The van der Waals surface area contributed by atoms with Crippen LogP contribution >= 0.6 is 0 Å². The lowest BCUT2D eigenvalue weighted by molar-refractivity contribution is 0.329. The number of hydrogen-bond donors (Lipinski definition) is 1. The van der Waals surface area contributed by atoms with Gasteiger partial charge in [-0.25, -0.2) is 0 Å². The fourth-order valence-electron chi connectivity index (χ4n) is 3.53. The lowest BCUT2D eigenvalue weighted by Gasteiger charge is -2.17. The van der Waals surface area contributed by atoms with Gasteiger partial charge in [0.1, 0.15) is 0 Å². The van der Waals surface area contributed by atoms with Gasteiger partial charge in [0.2, 0.25) is 5.89 Å². The van der Waals surface area contributed by atoms with E-state index in [1.54, 1.807) is 0 Å². The highest BCUT2D eigenvalue weighted by Gasteiger charge is 2.42. The first-order valence-corrected chi connectivity index (χ1v) is 6.84. The normalized spacial score (nSPS) is 33.2. The molecule has 4 nitrogen and oxygen atoms in total. The second-order valence-corrected chi connectivity index (χ2v) is 5.55. The van der Waals surface area contributed by atoms with Crippen molar-refractivity contribution in [2.75, 3.05) is 6.54 Å². The van der Waals surface area contributed by atoms with Crippen molar-refractivity contribution in [2.45, 2.75) is 51.5 Å². The van der Waals surface area contributed by atoms with Crippen LogP contribution in [0.25, 0.3) is 0 Å². The summed E-state index contributed by atoms with van der Waals surface area (Å²) in [6, 6.07) is 0.167. The molecule has 0 amide bonds. The maximum Gasteiger partial charge on any atom is 0.243 e. The molecule has 0 saturated heterocycles. The Hall–Kier alpha value is -0.900. The van der Waals surface area contributed by atoms with Gasteiger partial charge in [0, 0.05) is 5.92 Å². The Labute approximate surface area is 102 Å². The summed E-state index contributed by atoms with van der Waals surface area (Å²) in [5, 5.41) is 7.50. The zero-order valence-electron chi connectivity index (χ0n) is 10.6. The van der Waals surface area contributed by atoms with Gasteiger partial charge in [-0.05, 0) is 44.6 Å². The molecule has 1 aromatic rings. The van der Waals surface area contributed by atoms with Crippen molar-refractivity contribution in [1.82, 2.24) is 15.5 Å². The van der Waals surface area contributed by atoms with Gasteiger partial charge in [-0.3, -0.25) is 0 Å². The van der Waals surface area contributed by atoms with Crippen molar-refractivity contribution < 1.29 is 4.52 Å². The molecule has 1 heterocycles. The van der Waals surface area contributed by atoms with Crippen molar-refractivity contribution in [1.29, 1.82) is 0 Å². The third-order valence-electron chi connectivity index (χ3n) is 4.41. The second-order valence-electron chi connectivity index (χ2n) is 5.55. The van der Waals surface area contributed by atoms with E-state index in [9.17, 15) is 0 Å². The Morgan fingerprint density at radius 3 is 2.94 bits per heavy atom. The molecule has 4 heteroatoms. The predicted molar refractivity (Wildman–Crippen MR) is 64.6 cm³/mol. The topological polar surface area (TPSA) is 51.0 Å². The minimum Gasteiger partial charge on any atom is -0.338 e. The molecule has 0 aliphatic heterocycles. The Balaban J connectivity index is 1.72. The average Bonchev–Trinajstić information content (AvgIpc) is 3.05. The van der Waals surface area contributed by atoms with Gasteiger partial charge in [-0.1, -0.05) is 18.5 Å². The molecule has 2 saturated carbocycles. The quantitative estimate of drug-likeness (QED) is 0.871. The molecular weight excluding hydrogens is 214 g/mol. The van der Waals surface area contributed by atoms with Crippen LogP contribution in [0.4, 0.5) is 0 Å². The molecule has 1 N–H and O–H groups in total. The first kappa shape index (κ1) is 11.2. The van der Waals surface area contributed by atoms with Gasteiger partial charge < -0.3 is 9.84 Å². The van der Waals surface area contributed by atoms with Gasteiger partial charge in [-0.2, -0.15) is 4.98 Å². The molecule has 1 aromatic heterocycles. The fourth-order valence-corrected chi connectivity index (χ4v) is 3.53. The van der Waals surface area contributed by atoms with E-state index < -0.39 is 0 Å². The van der Waals surface area contributed by atoms with Crippen LogP contribution in [0.3, 0.4) is 0 Å². The molecule has 2 aliphatic carbocycles. The highest BCUT2D eigenvalue weighted by Crippen LogP contribution is 2.52. The van der Waals surface area contributed by atoms with Crippen LogP contribution in [0.1, 0.15) is 63.2 Å². The van der Waals surface area contributed by atoms with Crippen LogP contribution in [0.2, 0.25) is 0 Å². The van der Waals surface area contributed by atoms with Crippen LogP contribution < -0.4 is 5.32 Å². The van der Waals surface area contributed by atoms with E-state index >= 15 is 0 Å². The van der Waals surface area contributed by atoms with Gasteiger partial charge in [0.25, 0.3) is 0 Å². The first-order chi connectivity index (χ1) is 8.28. The minimum absolute atomic E-state index is 0.167. The number of hydrogen-bond acceptors (Lipinski definition) is 4. The van der Waals surface area contributed by atoms with Crippen molar-refractivity contribution in [2.24, 2.45) is 11.8 Å². The Morgan fingerprint density at radius 2 is 2.29 bits per heavy atom. The zero-order chi connectivity index (χ0) is 11.8. The summed E-state index contributed by atoms with van der Waals surface area (Å²) in [6.45, 7) is 5.08. The molecule has 0 radical (unpaired) electrons. The molecule has 2 aliphatic rings. The van der Waals surface area contributed by atoms with E-state index in [0.717, 1.165) is 30.1 Å². The Morgan fingerprint density at radius 1 is 1.41 bits per heavy atom. The van der Waals surface area contributed by atoms with E-state index in [-0.39, 0.29) is 6.04 Å². The second kappa shape index (κ2) is 4.41. The van der Waals surface area contributed by atoms with Crippen molar-refractivity contribution in [3.63, 3.8) is 0 Å². The number of aromatic nitrogens is 2. The fraction of sp³-hybridized carbons (Fsp3) is 0.846. The SMILES string of the molecule is CCNC(C)c1nc(C2CC3CCC2C3)no1. The third kappa shape index (κ3) is 1.99. The van der Waals surface area contributed by atoms with Crippen molar-refractivity contribution in [3.05, 3.63) is 11.7 Å². The van der Waals surface area contributed by atoms with E-state index in [2.05, 4.69) is 29.3 Å². The summed E-state index contributed by atoms with van der Waals surface area (Å²) in [5.74, 6) is 4.01. The van der Waals surface area contributed by atoms with Crippen LogP contribution in [0.15, 0.2) is 4.52 Å². The van der Waals surface area contributed by atoms with Gasteiger partial charge in [0.15, 0.2) is 5.82 Å². The van der Waals surface area contributed by atoms with Crippen molar-refractivity contribution >= 4 is 0 Å². The summed E-state index contributed by atoms with van der Waals surface area (Å²) in [5.41, 5.74) is 0. The molecule has 94 valence electrons. The molecule has 4 unspecified atom stereocenters. The summed E-state index contributed by atoms with van der Waals surface area (Å²) in [7, 11) is 0. The largest absolute Gasteiger partial charge is 0.338 e. The predicted octanol–water partition coefficient (Wildman–Crippen LogP) is 2.64. The average molecular weight is 235 g/mol. The van der Waals surface area contributed by atoms with Crippen LogP contribution in [-0.2, 0) is 0 Å². The highest BCUT2D eigenvalue weighted by atomic mass is 16.5. The summed E-state index contributed by atoms with van der Waals surface area (Å²) in [4.78, 5) is 4.59. The van der Waals surface area contributed by atoms with Crippen LogP contribution in [0.5, 0.6) is 0 Å². The Bertz CT molecular complexity index is 390. The Kier molecular flexibility index (Phi) is 2.90. The monoisotopic (exact) mass is 235 g/mol. The lowest BCUT2D eigenvalue weighted by atomic mass is 9.88. The molecular formula is C13H21N3O. The molecule has 0 spiro atoms. The zero-order valence-corrected chi connectivity index (χ0v) is 10.6. The smallest absolute Gasteiger partial charge is 0.243 e. The number of rotatable bonds is 4. The summed E-state index contributed by atoms with van der Waals surface area (Å²) in [6.07, 6.45) is 5.44. The van der Waals surface area contributed by atoms with E-state index in [1.807, 2.05) is 0 Å². The minimum atomic E-state index is 0.167. The van der Waals surface area contributed by atoms with Gasteiger partial charge >= 0.3 is 0 Å². The maximum absolute atomic E-state index is 5.38. The molecule has 2 fully saturated rings. The standard InChI is InChI=1S/C13H21N3O/c1-3-14-8(2)13-15-12(16-17-13)11-7-9-4-5-10(11)6-9/h8-11,14H,3-7H2,1-2H3. The molecule has 2 bridgehead atoms. The van der Waals surface area contributed by atoms with E-state index in [0.29, 0.717) is 5.92 Å². The molecule has 4 atom stereocenters. The molecule has 0 aromatic carbocycles. The highest BCUT2D eigenvalue weighted by molar-refractivity contribution is 5.07.